The van der Waals surface area contributed by atoms with Crippen LogP contribution in [0.5, 0.6) is 0 Å². The second kappa shape index (κ2) is 4.08. The summed E-state index contributed by atoms with van der Waals surface area (Å²) < 4.78 is 12.8. The molecular weight excluding hydrogens is 237 g/mol. The van der Waals surface area contributed by atoms with Crippen molar-refractivity contribution in [2.24, 2.45) is 0 Å². The van der Waals surface area contributed by atoms with Crippen molar-refractivity contribution in [2.75, 3.05) is 0 Å². The number of aromatic nitrogens is 1. The standard InChI is InChI=1S/C10H5ClFNOS/c11-8-3-6(12)1-2-7(8)9-5-15-10(4-14)13-9/h1-5H. The highest BCUT2D eigenvalue weighted by Gasteiger charge is 2.08. The minimum absolute atomic E-state index is 0.290. The summed E-state index contributed by atoms with van der Waals surface area (Å²) in [5, 5.41) is 2.38. The van der Waals surface area contributed by atoms with Crippen LogP contribution < -0.4 is 0 Å². The fourth-order valence-electron chi connectivity index (χ4n) is 1.16. The van der Waals surface area contributed by atoms with Gasteiger partial charge in [-0.05, 0) is 18.2 Å². The molecule has 5 heteroatoms. The van der Waals surface area contributed by atoms with Gasteiger partial charge in [-0.25, -0.2) is 9.37 Å². The predicted molar refractivity (Wildman–Crippen MR) is 57.9 cm³/mol. The van der Waals surface area contributed by atoms with Gasteiger partial charge in [0, 0.05) is 10.9 Å². The second-order valence-electron chi connectivity index (χ2n) is 2.81. The molecule has 0 N–H and O–H groups in total. The van der Waals surface area contributed by atoms with Gasteiger partial charge in [0.25, 0.3) is 0 Å². The van der Waals surface area contributed by atoms with Crippen LogP contribution in [-0.4, -0.2) is 11.3 Å². The van der Waals surface area contributed by atoms with Crippen LogP contribution in [0.25, 0.3) is 11.3 Å². The molecule has 15 heavy (non-hydrogen) atoms. The zero-order chi connectivity index (χ0) is 10.8. The summed E-state index contributed by atoms with van der Waals surface area (Å²) in [5.74, 6) is -0.394. The molecule has 0 fully saturated rings. The van der Waals surface area contributed by atoms with Crippen molar-refractivity contribution in [1.29, 1.82) is 0 Å². The van der Waals surface area contributed by atoms with Crippen LogP contribution in [0.3, 0.4) is 0 Å². The molecule has 0 atom stereocenters. The van der Waals surface area contributed by atoms with Crippen LogP contribution in [0.15, 0.2) is 23.6 Å². The molecule has 0 spiro atoms. The van der Waals surface area contributed by atoms with Crippen LogP contribution in [0.4, 0.5) is 4.39 Å². The Labute approximate surface area is 94.3 Å². The first-order valence-electron chi connectivity index (χ1n) is 4.07. The van der Waals surface area contributed by atoms with Gasteiger partial charge in [-0.15, -0.1) is 11.3 Å². The third-order valence-corrected chi connectivity index (χ3v) is 2.91. The Morgan fingerprint density at radius 1 is 1.47 bits per heavy atom. The smallest absolute Gasteiger partial charge is 0.178 e. The minimum Gasteiger partial charge on any atom is -0.295 e. The van der Waals surface area contributed by atoms with Crippen molar-refractivity contribution >= 4 is 29.2 Å². The zero-order valence-electron chi connectivity index (χ0n) is 7.41. The third kappa shape index (κ3) is 2.06. The third-order valence-electron chi connectivity index (χ3n) is 1.83. The lowest BCUT2D eigenvalue weighted by Crippen LogP contribution is -1.83. The van der Waals surface area contributed by atoms with Gasteiger partial charge in [-0.1, -0.05) is 11.6 Å². The fraction of sp³-hybridized carbons (Fsp3) is 0. The highest BCUT2D eigenvalue weighted by atomic mass is 35.5. The first-order chi connectivity index (χ1) is 7.20. The number of carbonyl (C=O) groups is 1. The van der Waals surface area contributed by atoms with Gasteiger partial charge in [-0.2, -0.15) is 0 Å². The van der Waals surface area contributed by atoms with Crippen molar-refractivity contribution < 1.29 is 9.18 Å². The molecule has 0 amide bonds. The summed E-state index contributed by atoms with van der Waals surface area (Å²) in [5.41, 5.74) is 1.22. The molecule has 0 saturated carbocycles. The van der Waals surface area contributed by atoms with E-state index >= 15 is 0 Å². The Balaban J connectivity index is 2.49. The number of benzene rings is 1. The summed E-state index contributed by atoms with van der Waals surface area (Å²) in [6.45, 7) is 0. The quantitative estimate of drug-likeness (QED) is 0.754. The molecule has 0 radical (unpaired) electrons. The summed E-state index contributed by atoms with van der Waals surface area (Å²) in [7, 11) is 0. The van der Waals surface area contributed by atoms with E-state index in [1.807, 2.05) is 0 Å². The lowest BCUT2D eigenvalue weighted by Gasteiger charge is -1.99. The van der Waals surface area contributed by atoms with E-state index in [0.717, 1.165) is 0 Å². The van der Waals surface area contributed by atoms with Crippen LogP contribution in [0.2, 0.25) is 5.02 Å². The monoisotopic (exact) mass is 241 g/mol. The molecule has 0 bridgehead atoms. The summed E-state index contributed by atoms with van der Waals surface area (Å²) in [6, 6.07) is 4.07. The van der Waals surface area contributed by atoms with Gasteiger partial charge in [0.2, 0.25) is 0 Å². The molecule has 2 rings (SSSR count). The molecule has 2 nitrogen and oxygen atoms in total. The van der Waals surface area contributed by atoms with Crippen LogP contribution in [0, 0.1) is 5.82 Å². The maximum atomic E-state index is 12.8. The van der Waals surface area contributed by atoms with E-state index in [-0.39, 0.29) is 5.02 Å². The van der Waals surface area contributed by atoms with Gasteiger partial charge in [0.15, 0.2) is 11.3 Å². The molecule has 1 aromatic heterocycles. The normalized spacial score (nSPS) is 10.3. The van der Waals surface area contributed by atoms with Crippen molar-refractivity contribution in [3.8, 4) is 11.3 Å². The van der Waals surface area contributed by atoms with E-state index in [0.29, 0.717) is 22.6 Å². The zero-order valence-corrected chi connectivity index (χ0v) is 8.98. The SMILES string of the molecule is O=Cc1nc(-c2ccc(F)cc2Cl)cs1. The van der Waals surface area contributed by atoms with Gasteiger partial charge >= 0.3 is 0 Å². The maximum Gasteiger partial charge on any atom is 0.178 e. The van der Waals surface area contributed by atoms with E-state index in [9.17, 15) is 9.18 Å². The summed E-state index contributed by atoms with van der Waals surface area (Å²) in [4.78, 5) is 14.5. The van der Waals surface area contributed by atoms with E-state index in [1.54, 1.807) is 11.4 Å². The van der Waals surface area contributed by atoms with Gasteiger partial charge in [-0.3, -0.25) is 4.79 Å². The number of hydrogen-bond acceptors (Lipinski definition) is 3. The number of carbonyl (C=O) groups excluding carboxylic acids is 1. The first kappa shape index (κ1) is 10.3. The van der Waals surface area contributed by atoms with Crippen molar-refractivity contribution in [1.82, 2.24) is 4.98 Å². The predicted octanol–water partition coefficient (Wildman–Crippen LogP) is 3.42. The number of aldehydes is 1. The lowest BCUT2D eigenvalue weighted by molar-refractivity contribution is 0.112. The van der Waals surface area contributed by atoms with E-state index < -0.39 is 5.82 Å². The average Bonchev–Trinajstić information content (AvgIpc) is 2.66. The molecule has 0 unspecified atom stereocenters. The largest absolute Gasteiger partial charge is 0.295 e. The topological polar surface area (TPSA) is 30.0 Å². The molecule has 1 heterocycles. The van der Waals surface area contributed by atoms with Gasteiger partial charge < -0.3 is 0 Å². The van der Waals surface area contributed by atoms with Crippen LogP contribution >= 0.6 is 22.9 Å². The number of thiazole rings is 1. The molecule has 0 aliphatic rings. The molecule has 0 aliphatic heterocycles. The van der Waals surface area contributed by atoms with Gasteiger partial charge in [0.05, 0.1) is 10.7 Å². The summed E-state index contributed by atoms with van der Waals surface area (Å²) in [6.07, 6.45) is 0.672. The average molecular weight is 242 g/mol. The number of rotatable bonds is 2. The molecule has 0 aliphatic carbocycles. The molecule has 1 aromatic carbocycles. The Bertz CT molecular complexity index is 512. The molecular formula is C10H5ClFNOS. The fourth-order valence-corrected chi connectivity index (χ4v) is 2.05. The highest BCUT2D eigenvalue weighted by Crippen LogP contribution is 2.28. The Kier molecular flexibility index (Phi) is 2.79. The van der Waals surface area contributed by atoms with Gasteiger partial charge in [0.1, 0.15) is 5.82 Å². The minimum atomic E-state index is -0.394. The number of hydrogen-bond donors (Lipinski definition) is 0. The van der Waals surface area contributed by atoms with E-state index in [1.165, 1.54) is 23.5 Å². The Hall–Kier alpha value is -1.26. The number of nitrogens with zero attached hydrogens (tertiary/aromatic N) is 1. The van der Waals surface area contributed by atoms with Crippen molar-refractivity contribution in [2.45, 2.75) is 0 Å². The molecule has 2 aromatic rings. The highest BCUT2D eigenvalue weighted by molar-refractivity contribution is 7.11. The van der Waals surface area contributed by atoms with E-state index in [2.05, 4.69) is 4.98 Å². The van der Waals surface area contributed by atoms with Crippen molar-refractivity contribution in [3.63, 3.8) is 0 Å². The first-order valence-corrected chi connectivity index (χ1v) is 5.32. The summed E-state index contributed by atoms with van der Waals surface area (Å²) >= 11 is 7.08. The lowest BCUT2D eigenvalue weighted by atomic mass is 10.2. The molecule has 76 valence electrons. The van der Waals surface area contributed by atoms with Crippen LogP contribution in [0.1, 0.15) is 9.80 Å². The van der Waals surface area contributed by atoms with E-state index in [4.69, 9.17) is 11.6 Å². The molecule has 0 saturated heterocycles. The maximum absolute atomic E-state index is 12.8. The number of halogens is 2. The van der Waals surface area contributed by atoms with Crippen molar-refractivity contribution in [3.05, 3.63) is 39.4 Å². The second-order valence-corrected chi connectivity index (χ2v) is 4.11. The Morgan fingerprint density at radius 3 is 2.87 bits per heavy atom. The Morgan fingerprint density at radius 2 is 2.27 bits per heavy atom. The van der Waals surface area contributed by atoms with Crippen LogP contribution in [-0.2, 0) is 0 Å².